The summed E-state index contributed by atoms with van der Waals surface area (Å²) in [6.07, 6.45) is -14.1. The van der Waals surface area contributed by atoms with E-state index in [1.807, 2.05) is 0 Å². The van der Waals surface area contributed by atoms with E-state index in [0.29, 0.717) is 0 Å². The lowest BCUT2D eigenvalue weighted by Crippen LogP contribution is -2.46. The first-order chi connectivity index (χ1) is 9.60. The molecule has 0 unspecified atom stereocenters. The number of hydrogen-bond acceptors (Lipinski definition) is 3. The molecule has 2 aromatic rings. The van der Waals surface area contributed by atoms with Gasteiger partial charge in [0.15, 0.2) is 0 Å². The van der Waals surface area contributed by atoms with Gasteiger partial charge in [-0.1, -0.05) is 6.07 Å². The second kappa shape index (κ2) is 4.97. The number of halogens is 6. The van der Waals surface area contributed by atoms with Gasteiger partial charge >= 0.3 is 12.4 Å². The number of rotatable bonds is 2. The number of aromatic nitrogens is 1. The van der Waals surface area contributed by atoms with Crippen LogP contribution in [-0.2, 0) is 0 Å². The lowest BCUT2D eigenvalue weighted by atomic mass is 10.2. The van der Waals surface area contributed by atoms with Crippen LogP contribution in [0.2, 0.25) is 0 Å². The minimum atomic E-state index is -5.59. The van der Waals surface area contributed by atoms with Gasteiger partial charge in [0.05, 0.1) is 11.2 Å². The van der Waals surface area contributed by atoms with Crippen molar-refractivity contribution in [2.75, 3.05) is 5.73 Å². The topological polar surface area (TPSA) is 48.1 Å². The molecule has 3 nitrogen and oxygen atoms in total. The predicted molar refractivity (Wildman–Crippen MR) is 62.7 cm³/mol. The van der Waals surface area contributed by atoms with E-state index in [1.165, 1.54) is 18.2 Å². The summed E-state index contributed by atoms with van der Waals surface area (Å²) >= 11 is 0. The summed E-state index contributed by atoms with van der Waals surface area (Å²) in [5, 5.41) is -0.0315. The Morgan fingerprint density at radius 3 is 2.19 bits per heavy atom. The van der Waals surface area contributed by atoms with Gasteiger partial charge in [-0.25, -0.2) is 0 Å². The van der Waals surface area contributed by atoms with Gasteiger partial charge < -0.3 is 10.5 Å². The third-order valence-corrected chi connectivity index (χ3v) is 2.60. The van der Waals surface area contributed by atoms with Crippen LogP contribution in [0.4, 0.5) is 32.0 Å². The highest BCUT2D eigenvalue weighted by Gasteiger charge is 2.59. The van der Waals surface area contributed by atoms with Crippen molar-refractivity contribution in [3.05, 3.63) is 30.5 Å². The molecule has 0 radical (unpaired) electrons. The molecule has 1 aromatic heterocycles. The molecule has 21 heavy (non-hydrogen) atoms. The second-order valence-corrected chi connectivity index (χ2v) is 4.13. The van der Waals surface area contributed by atoms with Crippen molar-refractivity contribution in [1.29, 1.82) is 0 Å². The molecule has 0 aliphatic carbocycles. The average Bonchev–Trinajstić information content (AvgIpc) is 2.34. The van der Waals surface area contributed by atoms with Crippen molar-refractivity contribution in [1.82, 2.24) is 4.98 Å². The van der Waals surface area contributed by atoms with E-state index in [1.54, 1.807) is 0 Å². The van der Waals surface area contributed by atoms with Gasteiger partial charge in [-0.3, -0.25) is 4.98 Å². The first-order valence-corrected chi connectivity index (χ1v) is 5.54. The maximum atomic E-state index is 12.5. The molecule has 9 heteroatoms. The maximum Gasteiger partial charge on any atom is 0.434 e. The molecule has 1 heterocycles. The number of alkyl halides is 6. The first-order valence-electron chi connectivity index (χ1n) is 5.54. The zero-order chi connectivity index (χ0) is 15.8. The Balaban J connectivity index is 2.50. The van der Waals surface area contributed by atoms with E-state index in [-0.39, 0.29) is 16.6 Å². The molecule has 0 saturated carbocycles. The number of nitrogens with zero attached hydrogens (tertiary/aromatic N) is 1. The normalized spacial score (nSPS) is 12.9. The van der Waals surface area contributed by atoms with Crippen LogP contribution in [0.5, 0.6) is 5.75 Å². The van der Waals surface area contributed by atoms with E-state index in [9.17, 15) is 26.3 Å². The Labute approximate surface area is 114 Å². The molecule has 0 spiro atoms. The average molecular weight is 310 g/mol. The molecule has 0 fully saturated rings. The molecule has 114 valence electrons. The van der Waals surface area contributed by atoms with Gasteiger partial charge in [0, 0.05) is 11.6 Å². The molecule has 2 N–H and O–H groups in total. The lowest BCUT2D eigenvalue weighted by Gasteiger charge is -2.24. The highest BCUT2D eigenvalue weighted by molar-refractivity contribution is 5.93. The summed E-state index contributed by atoms with van der Waals surface area (Å²) in [5.74, 6) is -0.591. The van der Waals surface area contributed by atoms with Gasteiger partial charge in [-0.05, 0) is 18.2 Å². The molecule has 0 aliphatic heterocycles. The minimum absolute atomic E-state index is 0.0315. The molecular weight excluding hydrogens is 302 g/mol. The molecule has 0 bridgehead atoms. The summed E-state index contributed by atoms with van der Waals surface area (Å²) in [7, 11) is 0. The number of nitrogen functional groups attached to an aromatic ring is 1. The molecule has 0 aliphatic rings. The number of hydrogen-bond donors (Lipinski definition) is 1. The largest absolute Gasteiger partial charge is 0.471 e. The summed E-state index contributed by atoms with van der Waals surface area (Å²) in [4.78, 5) is 3.81. The zero-order valence-corrected chi connectivity index (χ0v) is 10.2. The zero-order valence-electron chi connectivity index (χ0n) is 10.2. The van der Waals surface area contributed by atoms with Crippen LogP contribution < -0.4 is 10.5 Å². The summed E-state index contributed by atoms with van der Waals surface area (Å²) < 4.78 is 79.1. The fourth-order valence-electron chi connectivity index (χ4n) is 1.72. The predicted octanol–water partition coefficient (Wildman–Crippen LogP) is 3.69. The van der Waals surface area contributed by atoms with E-state index >= 15 is 0 Å². The quantitative estimate of drug-likeness (QED) is 0.680. The number of para-hydroxylation sites is 1. The first kappa shape index (κ1) is 15.2. The summed E-state index contributed by atoms with van der Waals surface area (Å²) in [6, 6.07) is 5.00. The third-order valence-electron chi connectivity index (χ3n) is 2.60. The highest BCUT2D eigenvalue weighted by atomic mass is 19.4. The Kier molecular flexibility index (Phi) is 3.60. The van der Waals surface area contributed by atoms with E-state index < -0.39 is 24.2 Å². The fraction of sp³-hybridized carbons (Fsp3) is 0.250. The van der Waals surface area contributed by atoms with Crippen molar-refractivity contribution in [3.63, 3.8) is 0 Å². The van der Waals surface area contributed by atoms with Crippen LogP contribution in [0.15, 0.2) is 30.5 Å². The Morgan fingerprint density at radius 1 is 1.00 bits per heavy atom. The SMILES string of the molecule is Nc1cccc2c(OC(C(F)(F)F)C(F)(F)F)ccnc12. The van der Waals surface area contributed by atoms with Gasteiger partial charge in [-0.2, -0.15) is 26.3 Å². The Morgan fingerprint density at radius 2 is 1.62 bits per heavy atom. The number of nitrogens with two attached hydrogens (primary N) is 1. The monoisotopic (exact) mass is 310 g/mol. The van der Waals surface area contributed by atoms with Crippen LogP contribution in [0.3, 0.4) is 0 Å². The van der Waals surface area contributed by atoms with Crippen LogP contribution in [0.25, 0.3) is 10.9 Å². The van der Waals surface area contributed by atoms with E-state index in [0.717, 1.165) is 12.3 Å². The van der Waals surface area contributed by atoms with Crippen molar-refractivity contribution in [3.8, 4) is 5.75 Å². The fourth-order valence-corrected chi connectivity index (χ4v) is 1.72. The van der Waals surface area contributed by atoms with E-state index in [4.69, 9.17) is 5.73 Å². The summed E-state index contributed by atoms with van der Waals surface area (Å²) in [6.45, 7) is 0. The number of pyridine rings is 1. The van der Waals surface area contributed by atoms with Gasteiger partial charge in [0.2, 0.25) is 0 Å². The third kappa shape index (κ3) is 3.11. The Bertz CT molecular complexity index is 638. The van der Waals surface area contributed by atoms with Crippen LogP contribution in [-0.4, -0.2) is 23.4 Å². The van der Waals surface area contributed by atoms with E-state index in [2.05, 4.69) is 9.72 Å². The molecule has 0 amide bonds. The van der Waals surface area contributed by atoms with Gasteiger partial charge in [0.1, 0.15) is 5.75 Å². The summed E-state index contributed by atoms with van der Waals surface area (Å²) in [5.41, 5.74) is 5.75. The Hall–Kier alpha value is -2.19. The lowest BCUT2D eigenvalue weighted by molar-refractivity contribution is -0.299. The highest BCUT2D eigenvalue weighted by Crippen LogP contribution is 2.38. The van der Waals surface area contributed by atoms with Gasteiger partial charge in [-0.15, -0.1) is 0 Å². The smallest absolute Gasteiger partial charge is 0.434 e. The van der Waals surface area contributed by atoms with Crippen molar-refractivity contribution >= 4 is 16.6 Å². The van der Waals surface area contributed by atoms with Crippen molar-refractivity contribution in [2.24, 2.45) is 0 Å². The standard InChI is InChI=1S/C12H8F6N2O/c13-11(14,15)10(12(16,17)18)21-8-4-5-20-9-6(8)2-1-3-7(9)19/h1-5,10H,19H2. The molecule has 0 atom stereocenters. The van der Waals surface area contributed by atoms with Crippen LogP contribution >= 0.6 is 0 Å². The number of anilines is 1. The van der Waals surface area contributed by atoms with Crippen LogP contribution in [0.1, 0.15) is 0 Å². The molecule has 1 aromatic carbocycles. The van der Waals surface area contributed by atoms with Crippen molar-refractivity contribution < 1.29 is 31.1 Å². The van der Waals surface area contributed by atoms with Crippen molar-refractivity contribution in [2.45, 2.75) is 18.5 Å². The molecule has 2 rings (SSSR count). The minimum Gasteiger partial charge on any atom is -0.471 e. The molecule has 0 saturated heterocycles. The second-order valence-electron chi connectivity index (χ2n) is 4.13. The maximum absolute atomic E-state index is 12.5. The number of ether oxygens (including phenoxy) is 1. The number of benzene rings is 1. The molecular formula is C12H8F6N2O. The van der Waals surface area contributed by atoms with Crippen LogP contribution in [0, 0.1) is 0 Å². The van der Waals surface area contributed by atoms with Gasteiger partial charge in [0.25, 0.3) is 6.10 Å². The number of fused-ring (bicyclic) bond motifs is 1.